The van der Waals surface area contributed by atoms with E-state index < -0.39 is 12.1 Å². The van der Waals surface area contributed by atoms with Crippen molar-refractivity contribution in [2.45, 2.75) is 13.0 Å². The van der Waals surface area contributed by atoms with Crippen molar-refractivity contribution < 1.29 is 15.0 Å². The van der Waals surface area contributed by atoms with E-state index in [1.807, 2.05) is 0 Å². The number of carboxylic acid groups (broad SMARTS) is 1. The summed E-state index contributed by atoms with van der Waals surface area (Å²) in [5, 5.41) is 19.3. The molecule has 2 N–H and O–H groups in total. The molecule has 3 nitrogen and oxygen atoms in total. The number of carboxylic acids is 1. The van der Waals surface area contributed by atoms with Crippen LogP contribution in [0, 0.1) is 0 Å². The highest BCUT2D eigenvalue weighted by atomic mass is 32.1. The van der Waals surface area contributed by atoms with Gasteiger partial charge in [0.25, 0.3) is 0 Å². The van der Waals surface area contributed by atoms with Crippen LogP contribution in [-0.4, -0.2) is 16.2 Å². The Balaban J connectivity index is 3.06. The molecule has 0 radical (unpaired) electrons. The molecule has 0 spiro atoms. The Bertz CT molecular complexity index is 264. The van der Waals surface area contributed by atoms with Crippen LogP contribution >= 0.6 is 11.3 Å². The summed E-state index contributed by atoms with van der Waals surface area (Å²) in [5.41, 5.74) is 0.488. The predicted molar refractivity (Wildman–Crippen MR) is 41.9 cm³/mol. The summed E-state index contributed by atoms with van der Waals surface area (Å²) in [7, 11) is 0. The SMILES string of the molecule is CC(O)c1ccsc1C(=O)O. The molecule has 0 saturated carbocycles. The third-order valence-electron chi connectivity index (χ3n) is 1.34. The smallest absolute Gasteiger partial charge is 0.346 e. The third kappa shape index (κ3) is 1.58. The average Bonchev–Trinajstić information content (AvgIpc) is 2.32. The van der Waals surface area contributed by atoms with E-state index in [4.69, 9.17) is 10.2 Å². The van der Waals surface area contributed by atoms with E-state index in [0.717, 1.165) is 11.3 Å². The lowest BCUT2D eigenvalue weighted by Crippen LogP contribution is -1.99. The van der Waals surface area contributed by atoms with Crippen LogP contribution in [0.15, 0.2) is 11.4 Å². The second kappa shape index (κ2) is 3.02. The van der Waals surface area contributed by atoms with Gasteiger partial charge in [0.05, 0.1) is 6.10 Å². The van der Waals surface area contributed by atoms with Gasteiger partial charge in [0, 0.05) is 5.56 Å². The van der Waals surface area contributed by atoms with E-state index in [9.17, 15) is 4.79 Å². The molecule has 60 valence electrons. The molecule has 0 amide bonds. The van der Waals surface area contributed by atoms with E-state index in [1.165, 1.54) is 0 Å². The monoisotopic (exact) mass is 172 g/mol. The highest BCUT2D eigenvalue weighted by Crippen LogP contribution is 2.22. The van der Waals surface area contributed by atoms with Crippen LogP contribution in [0.2, 0.25) is 0 Å². The Morgan fingerprint density at radius 3 is 2.73 bits per heavy atom. The van der Waals surface area contributed by atoms with Crippen molar-refractivity contribution in [2.75, 3.05) is 0 Å². The minimum atomic E-state index is -0.976. The van der Waals surface area contributed by atoms with Gasteiger partial charge in [0.1, 0.15) is 4.88 Å². The number of rotatable bonds is 2. The van der Waals surface area contributed by atoms with Gasteiger partial charge in [-0.2, -0.15) is 0 Å². The molecule has 0 aliphatic carbocycles. The van der Waals surface area contributed by atoms with E-state index in [1.54, 1.807) is 18.4 Å². The molecule has 0 fully saturated rings. The van der Waals surface area contributed by atoms with Gasteiger partial charge < -0.3 is 10.2 Å². The van der Waals surface area contributed by atoms with E-state index in [0.29, 0.717) is 5.56 Å². The minimum absolute atomic E-state index is 0.222. The Morgan fingerprint density at radius 2 is 2.36 bits per heavy atom. The van der Waals surface area contributed by atoms with E-state index >= 15 is 0 Å². The van der Waals surface area contributed by atoms with Gasteiger partial charge in [0.15, 0.2) is 0 Å². The van der Waals surface area contributed by atoms with E-state index in [-0.39, 0.29) is 4.88 Å². The molecule has 0 bridgehead atoms. The Morgan fingerprint density at radius 1 is 1.73 bits per heavy atom. The van der Waals surface area contributed by atoms with Crippen LogP contribution in [0.1, 0.15) is 28.3 Å². The fourth-order valence-corrected chi connectivity index (χ4v) is 1.65. The van der Waals surface area contributed by atoms with Crippen molar-refractivity contribution >= 4 is 17.3 Å². The molecule has 0 aliphatic rings. The van der Waals surface area contributed by atoms with Gasteiger partial charge in [0.2, 0.25) is 0 Å². The molecule has 4 heteroatoms. The van der Waals surface area contributed by atoms with Gasteiger partial charge in [-0.1, -0.05) is 0 Å². The number of aromatic carboxylic acids is 1. The summed E-state index contributed by atoms with van der Waals surface area (Å²) in [5.74, 6) is -0.976. The van der Waals surface area contributed by atoms with E-state index in [2.05, 4.69) is 0 Å². The average molecular weight is 172 g/mol. The lowest BCUT2D eigenvalue weighted by molar-refractivity contribution is 0.0696. The van der Waals surface area contributed by atoms with Crippen LogP contribution in [0.4, 0.5) is 0 Å². The number of hydrogen-bond acceptors (Lipinski definition) is 3. The first-order valence-electron chi connectivity index (χ1n) is 3.11. The Kier molecular flexibility index (Phi) is 2.26. The first-order chi connectivity index (χ1) is 5.13. The number of thiophene rings is 1. The summed E-state index contributed by atoms with van der Waals surface area (Å²) in [6.45, 7) is 1.55. The number of carbonyl (C=O) groups is 1. The van der Waals surface area contributed by atoms with Gasteiger partial charge in [-0.25, -0.2) is 4.79 Å². The molecule has 0 aromatic carbocycles. The molecule has 11 heavy (non-hydrogen) atoms. The van der Waals surface area contributed by atoms with Crippen LogP contribution in [-0.2, 0) is 0 Å². The number of aliphatic hydroxyl groups excluding tert-OH is 1. The molecule has 1 aromatic heterocycles. The molecule has 0 saturated heterocycles. The Labute approximate surface area is 67.9 Å². The highest BCUT2D eigenvalue weighted by molar-refractivity contribution is 7.12. The molecule has 1 atom stereocenters. The van der Waals surface area contributed by atoms with Crippen LogP contribution in [0.25, 0.3) is 0 Å². The zero-order chi connectivity index (χ0) is 8.43. The van der Waals surface area contributed by atoms with Gasteiger partial charge in [-0.15, -0.1) is 11.3 Å². The Hall–Kier alpha value is -0.870. The first kappa shape index (κ1) is 8.23. The lowest BCUT2D eigenvalue weighted by atomic mass is 10.2. The second-order valence-corrected chi connectivity index (χ2v) is 3.10. The van der Waals surface area contributed by atoms with Crippen molar-refractivity contribution in [1.82, 2.24) is 0 Å². The first-order valence-corrected chi connectivity index (χ1v) is 3.99. The minimum Gasteiger partial charge on any atom is -0.477 e. The van der Waals surface area contributed by atoms with Crippen LogP contribution in [0.5, 0.6) is 0 Å². The molecular weight excluding hydrogens is 164 g/mol. The number of hydrogen-bond donors (Lipinski definition) is 2. The molecule has 1 heterocycles. The number of aliphatic hydroxyl groups is 1. The maximum atomic E-state index is 10.5. The zero-order valence-electron chi connectivity index (χ0n) is 5.94. The summed E-state index contributed by atoms with van der Waals surface area (Å²) >= 11 is 1.13. The van der Waals surface area contributed by atoms with Crippen LogP contribution in [0.3, 0.4) is 0 Å². The zero-order valence-corrected chi connectivity index (χ0v) is 6.76. The summed E-state index contributed by atoms with van der Waals surface area (Å²) in [6, 6.07) is 1.62. The topological polar surface area (TPSA) is 57.5 Å². The molecule has 1 aromatic rings. The molecule has 1 unspecified atom stereocenters. The standard InChI is InChI=1S/C7H8O3S/c1-4(8)5-2-3-11-6(5)7(9)10/h2-4,8H,1H3,(H,9,10). The van der Waals surface area contributed by atoms with Crippen molar-refractivity contribution in [1.29, 1.82) is 0 Å². The summed E-state index contributed by atoms with van der Waals surface area (Å²) in [4.78, 5) is 10.7. The molecular formula is C7H8O3S. The quantitative estimate of drug-likeness (QED) is 0.710. The van der Waals surface area contributed by atoms with Gasteiger partial charge in [-0.05, 0) is 18.4 Å². The fraction of sp³-hybridized carbons (Fsp3) is 0.286. The fourth-order valence-electron chi connectivity index (χ4n) is 0.822. The maximum absolute atomic E-state index is 10.5. The normalized spacial score (nSPS) is 12.9. The van der Waals surface area contributed by atoms with Gasteiger partial charge >= 0.3 is 5.97 Å². The van der Waals surface area contributed by atoms with Gasteiger partial charge in [-0.3, -0.25) is 0 Å². The third-order valence-corrected chi connectivity index (χ3v) is 2.26. The summed E-state index contributed by atoms with van der Waals surface area (Å²) in [6.07, 6.45) is -0.702. The predicted octanol–water partition coefficient (Wildman–Crippen LogP) is 1.50. The van der Waals surface area contributed by atoms with Crippen molar-refractivity contribution in [3.63, 3.8) is 0 Å². The second-order valence-electron chi connectivity index (χ2n) is 2.19. The highest BCUT2D eigenvalue weighted by Gasteiger charge is 2.14. The summed E-state index contributed by atoms with van der Waals surface area (Å²) < 4.78 is 0. The van der Waals surface area contributed by atoms with Crippen molar-refractivity contribution in [3.8, 4) is 0 Å². The lowest BCUT2D eigenvalue weighted by Gasteiger charge is -2.01. The van der Waals surface area contributed by atoms with Crippen molar-refractivity contribution in [3.05, 3.63) is 21.9 Å². The molecule has 1 rings (SSSR count). The van der Waals surface area contributed by atoms with Crippen molar-refractivity contribution in [2.24, 2.45) is 0 Å². The largest absolute Gasteiger partial charge is 0.477 e. The maximum Gasteiger partial charge on any atom is 0.346 e. The van der Waals surface area contributed by atoms with Crippen LogP contribution < -0.4 is 0 Å². The molecule has 0 aliphatic heterocycles.